The fourth-order valence-corrected chi connectivity index (χ4v) is 3.74. The van der Waals surface area contributed by atoms with Crippen molar-refractivity contribution in [3.8, 4) is 34.3 Å². The molecule has 0 spiro atoms. The van der Waals surface area contributed by atoms with Crippen LogP contribution >= 0.6 is 0 Å². The van der Waals surface area contributed by atoms with Crippen molar-refractivity contribution in [2.24, 2.45) is 0 Å². The Morgan fingerprint density at radius 1 is 0.844 bits per heavy atom. The lowest BCUT2D eigenvalue weighted by atomic mass is 9.89. The number of phenolic OH excluding ortho intramolecular Hbond substituents is 4. The van der Waals surface area contributed by atoms with Crippen LogP contribution in [0.2, 0.25) is 0 Å². The molecule has 0 saturated carbocycles. The second-order valence-corrected chi connectivity index (χ2v) is 7.46. The summed E-state index contributed by atoms with van der Waals surface area (Å²) >= 11 is 0. The zero-order valence-corrected chi connectivity index (χ0v) is 16.3. The van der Waals surface area contributed by atoms with Crippen LogP contribution in [0.1, 0.15) is 11.7 Å². The number of fused-ring (bicyclic) bond motifs is 1. The van der Waals surface area contributed by atoms with Gasteiger partial charge in [0, 0.05) is 17.7 Å². The molecule has 11 nitrogen and oxygen atoms in total. The minimum absolute atomic E-state index is 0.0304. The van der Waals surface area contributed by atoms with E-state index >= 15 is 0 Å². The lowest BCUT2D eigenvalue weighted by molar-refractivity contribution is -0.232. The van der Waals surface area contributed by atoms with Gasteiger partial charge in [-0.25, -0.2) is 0 Å². The van der Waals surface area contributed by atoms with Crippen LogP contribution in [-0.2, 0) is 4.74 Å². The number of aromatic hydroxyl groups is 4. The van der Waals surface area contributed by atoms with Gasteiger partial charge in [0.25, 0.3) is 0 Å². The zero-order chi connectivity index (χ0) is 23.3. The molecule has 2 heterocycles. The summed E-state index contributed by atoms with van der Waals surface area (Å²) in [6, 6.07) is 5.73. The second kappa shape index (κ2) is 7.97. The summed E-state index contributed by atoms with van der Waals surface area (Å²) in [6.45, 7) is -0.721. The number of aliphatic hydroxyl groups excluding tert-OH is 4. The maximum absolute atomic E-state index is 12.8. The van der Waals surface area contributed by atoms with Gasteiger partial charge < -0.3 is 50.0 Å². The van der Waals surface area contributed by atoms with Crippen molar-refractivity contribution < 1.29 is 50.0 Å². The van der Waals surface area contributed by atoms with E-state index in [1.807, 2.05) is 0 Å². The van der Waals surface area contributed by atoms with Gasteiger partial charge in [0.2, 0.25) is 0 Å². The summed E-state index contributed by atoms with van der Waals surface area (Å²) in [4.78, 5) is 12.8. The fourth-order valence-electron chi connectivity index (χ4n) is 3.74. The van der Waals surface area contributed by atoms with E-state index in [-0.39, 0.29) is 28.0 Å². The molecule has 4 rings (SSSR count). The number of benzene rings is 2. The summed E-state index contributed by atoms with van der Waals surface area (Å²) in [6.07, 6.45) is -8.09. The van der Waals surface area contributed by atoms with Crippen molar-refractivity contribution >= 4 is 11.0 Å². The predicted octanol–water partition coefficient (Wildman–Crippen LogP) is -0.203. The molecule has 32 heavy (non-hydrogen) atoms. The zero-order valence-electron chi connectivity index (χ0n) is 16.3. The highest BCUT2D eigenvalue weighted by molar-refractivity contribution is 5.88. The standard InChI is InChI=1S/C21H20O11/c22-6-14-17(27)19(29)20(30)21(32-14)16-11(26)5-13-15(18(16)28)10(25)4-12(31-13)7-1-2-8(23)9(24)3-7/h1-5,14,17,19-24,26-30H,6H2/t14-,17-,19-,20-,21-/m1/s1. The first-order valence-corrected chi connectivity index (χ1v) is 9.49. The Bertz CT molecular complexity index is 1230. The Morgan fingerprint density at radius 2 is 1.56 bits per heavy atom. The largest absolute Gasteiger partial charge is 0.507 e. The predicted molar refractivity (Wildman–Crippen MR) is 107 cm³/mol. The first-order chi connectivity index (χ1) is 15.1. The molecular weight excluding hydrogens is 428 g/mol. The molecular formula is C21H20O11. The summed E-state index contributed by atoms with van der Waals surface area (Å²) in [7, 11) is 0. The Kier molecular flexibility index (Phi) is 5.44. The Morgan fingerprint density at radius 3 is 2.22 bits per heavy atom. The van der Waals surface area contributed by atoms with Crippen LogP contribution in [0.25, 0.3) is 22.3 Å². The maximum Gasteiger partial charge on any atom is 0.197 e. The number of hydrogen-bond donors (Lipinski definition) is 8. The highest BCUT2D eigenvalue weighted by atomic mass is 16.5. The quantitative estimate of drug-likeness (QED) is 0.247. The molecule has 1 aromatic heterocycles. The topological polar surface area (TPSA) is 201 Å². The highest BCUT2D eigenvalue weighted by Crippen LogP contribution is 2.44. The SMILES string of the molecule is O=c1cc(-c2ccc(O)c(O)c2)oc2cc(O)c([C@H]3O[C@H](CO)[C@@H](O)[C@@H](O)[C@H]3O)c(O)c12. The third kappa shape index (κ3) is 3.42. The average molecular weight is 448 g/mol. The van der Waals surface area contributed by atoms with Crippen LogP contribution < -0.4 is 5.43 Å². The van der Waals surface area contributed by atoms with Crippen molar-refractivity contribution in [1.29, 1.82) is 0 Å². The van der Waals surface area contributed by atoms with Gasteiger partial charge in [0.1, 0.15) is 58.7 Å². The molecule has 0 aliphatic carbocycles. The summed E-state index contributed by atoms with van der Waals surface area (Å²) in [5.41, 5.74) is -1.17. The van der Waals surface area contributed by atoms with E-state index in [4.69, 9.17) is 9.15 Å². The number of ether oxygens (including phenoxy) is 1. The normalized spacial score (nSPS) is 25.8. The van der Waals surface area contributed by atoms with Crippen LogP contribution in [0.15, 0.2) is 39.5 Å². The molecule has 0 radical (unpaired) electrons. The van der Waals surface area contributed by atoms with Crippen molar-refractivity contribution in [2.75, 3.05) is 6.61 Å². The molecule has 1 saturated heterocycles. The molecule has 0 amide bonds. The molecule has 5 atom stereocenters. The van der Waals surface area contributed by atoms with E-state index in [1.54, 1.807) is 0 Å². The number of phenols is 4. The van der Waals surface area contributed by atoms with Crippen LogP contribution in [0.3, 0.4) is 0 Å². The molecule has 1 aliphatic heterocycles. The smallest absolute Gasteiger partial charge is 0.197 e. The molecule has 3 aromatic rings. The van der Waals surface area contributed by atoms with Gasteiger partial charge in [-0.3, -0.25) is 4.79 Å². The van der Waals surface area contributed by atoms with Crippen molar-refractivity contribution in [3.05, 3.63) is 46.1 Å². The first kappa shape index (κ1) is 21.9. The van der Waals surface area contributed by atoms with Gasteiger partial charge >= 0.3 is 0 Å². The van der Waals surface area contributed by atoms with Gasteiger partial charge in [-0.2, -0.15) is 0 Å². The monoisotopic (exact) mass is 448 g/mol. The van der Waals surface area contributed by atoms with Crippen LogP contribution in [-0.4, -0.2) is 71.9 Å². The van der Waals surface area contributed by atoms with Gasteiger partial charge in [-0.05, 0) is 18.2 Å². The summed E-state index contributed by atoms with van der Waals surface area (Å²) in [5.74, 6) is -2.28. The van der Waals surface area contributed by atoms with Gasteiger partial charge in [-0.1, -0.05) is 0 Å². The minimum atomic E-state index is -1.80. The van der Waals surface area contributed by atoms with Crippen molar-refractivity contribution in [2.45, 2.75) is 30.5 Å². The number of aliphatic hydroxyl groups is 4. The molecule has 1 aliphatic rings. The molecule has 8 N–H and O–H groups in total. The van der Waals surface area contributed by atoms with E-state index in [1.165, 1.54) is 12.1 Å². The molecule has 0 unspecified atom stereocenters. The van der Waals surface area contributed by atoms with Crippen LogP contribution in [0, 0.1) is 0 Å². The number of rotatable bonds is 3. The Balaban J connectivity index is 1.86. The maximum atomic E-state index is 12.8. The van der Waals surface area contributed by atoms with Crippen LogP contribution in [0.4, 0.5) is 0 Å². The molecule has 1 fully saturated rings. The van der Waals surface area contributed by atoms with Crippen LogP contribution in [0.5, 0.6) is 23.0 Å². The molecule has 170 valence electrons. The van der Waals surface area contributed by atoms with E-state index < -0.39 is 65.4 Å². The third-order valence-electron chi connectivity index (χ3n) is 5.45. The number of hydrogen-bond acceptors (Lipinski definition) is 11. The lowest BCUT2D eigenvalue weighted by Crippen LogP contribution is -2.55. The average Bonchev–Trinajstić information content (AvgIpc) is 2.74. The molecule has 2 aromatic carbocycles. The summed E-state index contributed by atoms with van der Waals surface area (Å²) < 4.78 is 11.0. The van der Waals surface area contributed by atoms with Gasteiger partial charge in [0.05, 0.1) is 12.2 Å². The highest BCUT2D eigenvalue weighted by Gasteiger charge is 2.46. The van der Waals surface area contributed by atoms with E-state index in [0.29, 0.717) is 0 Å². The lowest BCUT2D eigenvalue weighted by Gasteiger charge is -2.40. The molecule has 11 heteroatoms. The Hall–Kier alpha value is -3.35. The van der Waals surface area contributed by atoms with E-state index in [9.17, 15) is 45.6 Å². The molecule has 0 bridgehead atoms. The second-order valence-electron chi connectivity index (χ2n) is 7.46. The first-order valence-electron chi connectivity index (χ1n) is 9.49. The Labute approximate surface area is 179 Å². The minimum Gasteiger partial charge on any atom is -0.507 e. The van der Waals surface area contributed by atoms with Gasteiger partial charge in [0.15, 0.2) is 16.9 Å². The fraction of sp³-hybridized carbons (Fsp3) is 0.286. The third-order valence-corrected chi connectivity index (χ3v) is 5.45. The van der Waals surface area contributed by atoms with Crippen molar-refractivity contribution in [1.82, 2.24) is 0 Å². The van der Waals surface area contributed by atoms with Crippen molar-refractivity contribution in [3.63, 3.8) is 0 Å². The van der Waals surface area contributed by atoms with E-state index in [0.717, 1.165) is 18.2 Å². The van der Waals surface area contributed by atoms with Gasteiger partial charge in [-0.15, -0.1) is 0 Å². The summed E-state index contributed by atoms with van der Waals surface area (Å²) in [5, 5.41) is 79.6. The van der Waals surface area contributed by atoms with E-state index in [2.05, 4.69) is 0 Å².